The van der Waals surface area contributed by atoms with Gasteiger partial charge >= 0.3 is 0 Å². The second kappa shape index (κ2) is 8.48. The number of benzene rings is 2. The molecule has 2 rings (SSSR count). The Morgan fingerprint density at radius 3 is 2.21 bits per heavy atom. The highest BCUT2D eigenvalue weighted by Crippen LogP contribution is 2.15. The average Bonchev–Trinajstić information content (AvgIpc) is 2.56. The molecule has 0 aliphatic heterocycles. The van der Waals surface area contributed by atoms with E-state index in [-0.39, 0.29) is 4.90 Å². The molecule has 1 amide bonds. The van der Waals surface area contributed by atoms with Crippen LogP contribution < -0.4 is 10.0 Å². The summed E-state index contributed by atoms with van der Waals surface area (Å²) in [5, 5.41) is 2.47. The maximum Gasteiger partial charge on any atom is 0.257 e. The lowest BCUT2D eigenvalue weighted by Crippen LogP contribution is -2.26. The summed E-state index contributed by atoms with van der Waals surface area (Å²) in [6.45, 7) is 0.297. The fourth-order valence-electron chi connectivity index (χ4n) is 1.97. The number of anilines is 1. The number of carbonyl (C=O) groups is 1. The highest BCUT2D eigenvalue weighted by Gasteiger charge is 2.15. The number of sulfonamides is 1. The van der Waals surface area contributed by atoms with Crippen LogP contribution in [0.1, 0.15) is 5.56 Å². The van der Waals surface area contributed by atoms with Gasteiger partial charge in [-0.1, -0.05) is 53.5 Å². The normalized spacial score (nSPS) is 11.5. The molecule has 2 N–H and O–H groups in total. The molecule has 0 aromatic heterocycles. The summed E-state index contributed by atoms with van der Waals surface area (Å²) < 4.78 is 27.0. The van der Waals surface area contributed by atoms with Crippen molar-refractivity contribution in [2.45, 2.75) is 16.2 Å². The van der Waals surface area contributed by atoms with Gasteiger partial charge in [0.15, 0.2) is 4.84 Å². The van der Waals surface area contributed by atoms with Crippen LogP contribution in [0.5, 0.6) is 0 Å². The third kappa shape index (κ3) is 5.49. The number of carbonyl (C=O) groups excluding carboxylic acids is 1. The van der Waals surface area contributed by atoms with E-state index in [1.54, 1.807) is 0 Å². The second-order valence-electron chi connectivity index (χ2n) is 4.95. The summed E-state index contributed by atoms with van der Waals surface area (Å²) in [5.41, 5.74) is 1.46. The number of hydrogen-bond donors (Lipinski definition) is 2. The Morgan fingerprint density at radius 1 is 1.00 bits per heavy atom. The zero-order chi connectivity index (χ0) is 17.6. The second-order valence-corrected chi connectivity index (χ2v) is 7.81. The molecule has 0 aliphatic rings. The topological polar surface area (TPSA) is 75.3 Å². The SMILES string of the molecule is O=C(Nc1ccc(S(=O)(=O)NCCc2ccccc2)cc1)C(Cl)Cl. The van der Waals surface area contributed by atoms with Gasteiger partial charge in [-0.25, -0.2) is 13.1 Å². The molecule has 0 bridgehead atoms. The van der Waals surface area contributed by atoms with E-state index in [9.17, 15) is 13.2 Å². The number of nitrogens with one attached hydrogen (secondary N) is 2. The van der Waals surface area contributed by atoms with Gasteiger partial charge in [0, 0.05) is 12.2 Å². The zero-order valence-corrected chi connectivity index (χ0v) is 14.9. The predicted octanol–water partition coefficient (Wildman–Crippen LogP) is 2.95. The molecule has 2 aromatic carbocycles. The lowest BCUT2D eigenvalue weighted by Gasteiger charge is -2.09. The number of alkyl halides is 2. The monoisotopic (exact) mass is 386 g/mol. The van der Waals surface area contributed by atoms with Crippen LogP contribution in [0, 0.1) is 0 Å². The molecule has 0 atom stereocenters. The van der Waals surface area contributed by atoms with E-state index in [4.69, 9.17) is 23.2 Å². The van der Waals surface area contributed by atoms with Crippen LogP contribution in [-0.4, -0.2) is 25.7 Å². The highest BCUT2D eigenvalue weighted by atomic mass is 35.5. The van der Waals surface area contributed by atoms with E-state index in [1.165, 1.54) is 24.3 Å². The lowest BCUT2D eigenvalue weighted by atomic mass is 10.2. The van der Waals surface area contributed by atoms with Crippen molar-refractivity contribution in [3.8, 4) is 0 Å². The molecular weight excluding hydrogens is 371 g/mol. The van der Waals surface area contributed by atoms with E-state index in [1.807, 2.05) is 30.3 Å². The maximum atomic E-state index is 12.2. The first-order valence-corrected chi connectivity index (χ1v) is 9.47. The predicted molar refractivity (Wildman–Crippen MR) is 95.9 cm³/mol. The van der Waals surface area contributed by atoms with Crippen LogP contribution in [0.3, 0.4) is 0 Å². The Balaban J connectivity index is 1.95. The van der Waals surface area contributed by atoms with Crippen molar-refractivity contribution in [1.82, 2.24) is 4.72 Å². The van der Waals surface area contributed by atoms with Gasteiger partial charge in [0.25, 0.3) is 5.91 Å². The van der Waals surface area contributed by atoms with Gasteiger partial charge < -0.3 is 5.32 Å². The number of hydrogen-bond acceptors (Lipinski definition) is 3. The Kier molecular flexibility index (Phi) is 6.62. The Morgan fingerprint density at radius 2 is 1.62 bits per heavy atom. The number of halogens is 2. The van der Waals surface area contributed by atoms with Crippen LogP contribution in [-0.2, 0) is 21.2 Å². The summed E-state index contributed by atoms with van der Waals surface area (Å²) in [6.07, 6.45) is 0.598. The van der Waals surface area contributed by atoms with Gasteiger partial charge in [0.05, 0.1) is 4.90 Å². The third-order valence-corrected chi connectivity index (χ3v) is 5.05. The van der Waals surface area contributed by atoms with Gasteiger partial charge in [-0.2, -0.15) is 0 Å². The minimum atomic E-state index is -3.61. The van der Waals surface area contributed by atoms with Gasteiger partial charge in [-0.15, -0.1) is 0 Å². The molecule has 0 spiro atoms. The van der Waals surface area contributed by atoms with Crippen LogP contribution in [0.4, 0.5) is 5.69 Å². The van der Waals surface area contributed by atoms with Crippen molar-refractivity contribution in [3.63, 3.8) is 0 Å². The van der Waals surface area contributed by atoms with Crippen molar-refractivity contribution >= 4 is 44.8 Å². The smallest absolute Gasteiger partial charge is 0.257 e. The van der Waals surface area contributed by atoms with E-state index in [2.05, 4.69) is 10.0 Å². The molecular formula is C16H16Cl2N2O3S. The van der Waals surface area contributed by atoms with E-state index in [0.717, 1.165) is 5.56 Å². The molecule has 128 valence electrons. The molecule has 0 heterocycles. The molecule has 0 aliphatic carbocycles. The van der Waals surface area contributed by atoms with E-state index in [0.29, 0.717) is 18.7 Å². The maximum absolute atomic E-state index is 12.2. The van der Waals surface area contributed by atoms with Crippen molar-refractivity contribution in [1.29, 1.82) is 0 Å². The first-order valence-electron chi connectivity index (χ1n) is 7.11. The molecule has 0 fully saturated rings. The van der Waals surface area contributed by atoms with Crippen molar-refractivity contribution < 1.29 is 13.2 Å². The zero-order valence-electron chi connectivity index (χ0n) is 12.6. The van der Waals surface area contributed by atoms with Crippen LogP contribution in [0.25, 0.3) is 0 Å². The molecule has 24 heavy (non-hydrogen) atoms. The first-order chi connectivity index (χ1) is 11.4. The minimum Gasteiger partial charge on any atom is -0.324 e. The van der Waals surface area contributed by atoms with Crippen LogP contribution >= 0.6 is 23.2 Å². The summed E-state index contributed by atoms with van der Waals surface area (Å²) in [4.78, 5) is 10.3. The molecule has 0 radical (unpaired) electrons. The van der Waals surface area contributed by atoms with Crippen molar-refractivity contribution in [3.05, 3.63) is 60.2 Å². The fourth-order valence-corrected chi connectivity index (χ4v) is 3.11. The number of amides is 1. The summed E-state index contributed by atoms with van der Waals surface area (Å²) in [7, 11) is -3.61. The van der Waals surface area contributed by atoms with Crippen molar-refractivity contribution in [2.24, 2.45) is 0 Å². The quantitative estimate of drug-likeness (QED) is 0.718. The standard InChI is InChI=1S/C16H16Cl2N2O3S/c17-15(18)16(21)20-13-6-8-14(9-7-13)24(22,23)19-11-10-12-4-2-1-3-5-12/h1-9,15,19H,10-11H2,(H,20,21). The van der Waals surface area contributed by atoms with Gasteiger partial charge in [-0.3, -0.25) is 4.79 Å². The highest BCUT2D eigenvalue weighted by molar-refractivity contribution is 7.89. The molecule has 0 saturated carbocycles. The van der Waals surface area contributed by atoms with E-state index >= 15 is 0 Å². The summed E-state index contributed by atoms with van der Waals surface area (Å²) in [5.74, 6) is -0.574. The van der Waals surface area contributed by atoms with Crippen LogP contribution in [0.15, 0.2) is 59.5 Å². The Hall–Kier alpha value is -1.60. The Bertz CT molecular complexity index is 779. The average molecular weight is 387 g/mol. The summed E-state index contributed by atoms with van der Waals surface area (Å²) >= 11 is 10.9. The minimum absolute atomic E-state index is 0.113. The van der Waals surface area contributed by atoms with Gasteiger partial charge in [0.2, 0.25) is 10.0 Å². The fraction of sp³-hybridized carbons (Fsp3) is 0.188. The molecule has 0 saturated heterocycles. The third-order valence-electron chi connectivity index (χ3n) is 3.18. The molecule has 8 heteroatoms. The molecule has 0 unspecified atom stereocenters. The van der Waals surface area contributed by atoms with Crippen LogP contribution in [0.2, 0.25) is 0 Å². The number of rotatable bonds is 7. The molecule has 2 aromatic rings. The van der Waals surface area contributed by atoms with Gasteiger partial charge in [-0.05, 0) is 36.2 Å². The summed E-state index contributed by atoms with van der Waals surface area (Å²) in [6, 6.07) is 15.3. The van der Waals surface area contributed by atoms with Crippen molar-refractivity contribution in [2.75, 3.05) is 11.9 Å². The lowest BCUT2D eigenvalue weighted by molar-refractivity contribution is -0.114. The largest absolute Gasteiger partial charge is 0.324 e. The first kappa shape index (κ1) is 18.7. The Labute approximate surface area is 151 Å². The van der Waals surface area contributed by atoms with Gasteiger partial charge in [0.1, 0.15) is 0 Å². The van der Waals surface area contributed by atoms with E-state index < -0.39 is 20.8 Å². The molecule has 5 nitrogen and oxygen atoms in total.